The number of phosphoric acid groups is 1. The number of carbonyl (C=O) groups excluding carboxylic acids is 2. The molecule has 1 aliphatic heterocycles. The Morgan fingerprint density at radius 3 is 1.92 bits per heavy atom. The van der Waals surface area contributed by atoms with Crippen LogP contribution in [0.4, 0.5) is 0 Å². The van der Waals surface area contributed by atoms with Crippen LogP contribution in [0, 0.1) is 5.92 Å². The Morgan fingerprint density at radius 2 is 1.29 bits per heavy atom. The molecule has 1 aliphatic rings. The zero-order valence-corrected chi connectivity index (χ0v) is 38.7. The van der Waals surface area contributed by atoms with Crippen molar-refractivity contribution in [3.05, 3.63) is 85.1 Å². The number of rotatable bonds is 37. The van der Waals surface area contributed by atoms with Crippen LogP contribution in [0.1, 0.15) is 136 Å². The van der Waals surface area contributed by atoms with Gasteiger partial charge in [-0.2, -0.15) is 0 Å². The Labute approximate surface area is 376 Å². The molecule has 0 aliphatic carbocycles. The predicted octanol–water partition coefficient (Wildman–Crippen LogP) is 8.33. The van der Waals surface area contributed by atoms with Gasteiger partial charge < -0.3 is 44.6 Å². The summed E-state index contributed by atoms with van der Waals surface area (Å²) in [6.45, 7) is 1.83. The van der Waals surface area contributed by atoms with Crippen molar-refractivity contribution in [1.82, 2.24) is 0 Å². The Balaban J connectivity index is 2.54. The molecule has 15 heteroatoms. The second-order valence-corrected chi connectivity index (χ2v) is 17.0. The number of allylic oxidation sites excluding steroid dienone is 12. The molecule has 2 unspecified atom stereocenters. The van der Waals surface area contributed by atoms with Crippen LogP contribution in [0.3, 0.4) is 0 Å². The van der Waals surface area contributed by atoms with Crippen molar-refractivity contribution in [1.29, 1.82) is 0 Å². The van der Waals surface area contributed by atoms with E-state index < -0.39 is 83.0 Å². The van der Waals surface area contributed by atoms with Gasteiger partial charge in [0.15, 0.2) is 12.4 Å². The van der Waals surface area contributed by atoms with Gasteiger partial charge in [0.25, 0.3) is 0 Å². The summed E-state index contributed by atoms with van der Waals surface area (Å²) in [5.74, 6) is -1.57. The third-order valence-corrected chi connectivity index (χ3v) is 10.8. The highest BCUT2D eigenvalue weighted by atomic mass is 31.2. The average Bonchev–Trinajstić information content (AvgIpc) is 3.25. The van der Waals surface area contributed by atoms with Crippen LogP contribution in [0.15, 0.2) is 85.1 Å². The van der Waals surface area contributed by atoms with Crippen LogP contribution in [0.2, 0.25) is 0 Å². The minimum Gasteiger partial charge on any atom is -0.462 e. The lowest BCUT2D eigenvalue weighted by atomic mass is 9.87. The molecular weight excluding hydrogens is 831 g/mol. The fraction of sp³-hybridized carbons (Fsp3) is 0.667. The summed E-state index contributed by atoms with van der Waals surface area (Å²) in [6.07, 6.45) is 36.0. The largest absolute Gasteiger partial charge is 0.472 e. The molecule has 0 saturated carbocycles. The number of unbranched alkanes of at least 4 members (excludes halogenated alkanes) is 6. The minimum atomic E-state index is -4.72. The van der Waals surface area contributed by atoms with E-state index in [1.807, 2.05) is 30.4 Å². The fourth-order valence-corrected chi connectivity index (χ4v) is 6.98. The van der Waals surface area contributed by atoms with Crippen molar-refractivity contribution in [3.8, 4) is 0 Å². The van der Waals surface area contributed by atoms with Crippen molar-refractivity contribution in [2.24, 2.45) is 5.92 Å². The fourth-order valence-electron chi connectivity index (χ4n) is 6.19. The van der Waals surface area contributed by atoms with Crippen LogP contribution >= 0.6 is 7.82 Å². The quantitative estimate of drug-likeness (QED) is 0.0150. The summed E-state index contributed by atoms with van der Waals surface area (Å²) in [4.78, 5) is 35.2. The van der Waals surface area contributed by atoms with Gasteiger partial charge in [0.1, 0.15) is 12.7 Å². The van der Waals surface area contributed by atoms with E-state index in [1.54, 1.807) is 12.2 Å². The first kappa shape index (κ1) is 58.0. The number of hydrogen-bond acceptors (Lipinski definition) is 13. The van der Waals surface area contributed by atoms with Crippen LogP contribution in [-0.2, 0) is 37.4 Å². The molecule has 6 N–H and O–H groups in total. The third kappa shape index (κ3) is 33.2. The van der Waals surface area contributed by atoms with Crippen LogP contribution in [-0.4, -0.2) is 106 Å². The van der Waals surface area contributed by atoms with Gasteiger partial charge in [0, 0.05) is 25.2 Å². The molecule has 0 aromatic heterocycles. The second kappa shape index (κ2) is 38.3. The highest BCUT2D eigenvalue weighted by Gasteiger charge is 2.35. The smallest absolute Gasteiger partial charge is 0.462 e. The highest BCUT2D eigenvalue weighted by Crippen LogP contribution is 2.43. The molecule has 1 rings (SSSR count). The van der Waals surface area contributed by atoms with E-state index in [-0.39, 0.29) is 25.2 Å². The summed E-state index contributed by atoms with van der Waals surface area (Å²) in [5.41, 5.74) is 0. The van der Waals surface area contributed by atoms with Crippen molar-refractivity contribution < 1.29 is 67.8 Å². The van der Waals surface area contributed by atoms with Crippen LogP contribution in [0.25, 0.3) is 0 Å². The number of esters is 2. The Morgan fingerprint density at radius 1 is 0.714 bits per heavy atom. The molecule has 0 spiro atoms. The number of hydrogen-bond donors (Lipinski definition) is 6. The summed E-state index contributed by atoms with van der Waals surface area (Å²) < 4.78 is 38.3. The van der Waals surface area contributed by atoms with E-state index in [2.05, 4.69) is 60.9 Å². The van der Waals surface area contributed by atoms with Gasteiger partial charge in [0.05, 0.1) is 38.1 Å². The first-order valence-electron chi connectivity index (χ1n) is 22.9. The molecular formula is C48H79O14P. The molecule has 0 radical (unpaired) electrons. The monoisotopic (exact) mass is 911 g/mol. The predicted molar refractivity (Wildman–Crippen MR) is 245 cm³/mol. The zero-order chi connectivity index (χ0) is 46.4. The number of phosphoric ester groups is 1. The van der Waals surface area contributed by atoms with E-state index >= 15 is 0 Å². The Kier molecular flexibility index (Phi) is 35.2. The van der Waals surface area contributed by atoms with Gasteiger partial charge in [-0.25, -0.2) is 4.57 Å². The summed E-state index contributed by atoms with van der Waals surface area (Å²) in [7, 11) is -4.72. The molecule has 63 heavy (non-hydrogen) atoms. The Bertz CT molecular complexity index is 1440. The lowest BCUT2D eigenvalue weighted by molar-refractivity contribution is -0.199. The normalized spacial score (nSPS) is 21.1. The first-order valence-corrected chi connectivity index (χ1v) is 24.4. The molecule has 14 nitrogen and oxygen atoms in total. The van der Waals surface area contributed by atoms with E-state index in [0.717, 1.165) is 44.9 Å². The van der Waals surface area contributed by atoms with E-state index in [1.165, 1.54) is 19.3 Å². The first-order chi connectivity index (χ1) is 30.4. The molecule has 0 amide bonds. The van der Waals surface area contributed by atoms with Crippen molar-refractivity contribution >= 4 is 19.8 Å². The van der Waals surface area contributed by atoms with E-state index in [0.29, 0.717) is 38.5 Å². The van der Waals surface area contributed by atoms with Crippen molar-refractivity contribution in [2.75, 3.05) is 26.4 Å². The molecule has 0 aromatic rings. The molecule has 0 bridgehead atoms. The lowest BCUT2D eigenvalue weighted by Gasteiger charge is -2.36. The second-order valence-electron chi connectivity index (χ2n) is 15.6. The molecule has 1 saturated heterocycles. The molecule has 1 heterocycles. The number of aliphatic hydroxyl groups excluding tert-OH is 5. The molecule has 1 fully saturated rings. The highest BCUT2D eigenvalue weighted by molar-refractivity contribution is 7.47. The van der Waals surface area contributed by atoms with Gasteiger partial charge in [-0.3, -0.25) is 18.6 Å². The van der Waals surface area contributed by atoms with E-state index in [4.69, 9.17) is 23.8 Å². The van der Waals surface area contributed by atoms with Crippen molar-refractivity contribution in [3.63, 3.8) is 0 Å². The van der Waals surface area contributed by atoms with Gasteiger partial charge in [-0.1, -0.05) is 131 Å². The van der Waals surface area contributed by atoms with Gasteiger partial charge >= 0.3 is 19.8 Å². The SMILES string of the molecule is CCCCC/C=C\C/C=C\C/C=C\C/C=C\C/C=C\CCC(=O)OC[C@H](COP(=O)(O)OC[C@@H](O)CO)OC(=O)CCC/C=C\C[C@H]1[C@@H](O)CC(O)O[C@@H]1/C=C/[C@@H](O)CCCCC. The Hall–Kier alpha value is -3.01. The van der Waals surface area contributed by atoms with Gasteiger partial charge in [0.2, 0.25) is 0 Å². The van der Waals surface area contributed by atoms with Crippen LogP contribution < -0.4 is 0 Å². The van der Waals surface area contributed by atoms with Crippen molar-refractivity contribution in [2.45, 2.75) is 173 Å². The molecule has 0 aromatic carbocycles. The number of carbonyl (C=O) groups is 2. The zero-order valence-electron chi connectivity index (χ0n) is 37.8. The molecule has 8 atom stereocenters. The summed E-state index contributed by atoms with van der Waals surface area (Å²) >= 11 is 0. The van der Waals surface area contributed by atoms with E-state index in [9.17, 15) is 39.5 Å². The molecule has 360 valence electrons. The standard InChI is InChI=1S/C48H79O14P/c1-3-5-7-8-9-10-11-12-13-14-15-16-17-18-19-20-21-22-27-31-46(53)58-38-42(39-60-63(56,57)59-37-41(51)36-49)61-47(54)32-28-24-23-26-30-43-44(52)35-48(55)62-45(43)34-33-40(50)29-25-6-4-2/h9-10,12-13,15-16,18-19,21-23,26,33-34,40-45,48-52,55H,3-8,11,14,17,20,24-25,27-32,35-39H2,1-2H3,(H,56,57)/b10-9-,13-12-,16-15-,19-18-,22-21-,26-23-,34-33+/t40-,41-,42+,43-,44-,45+,48?/m0/s1. The number of aliphatic hydroxyl groups is 5. The maximum Gasteiger partial charge on any atom is 0.472 e. The van der Waals surface area contributed by atoms with Gasteiger partial charge in [-0.15, -0.1) is 0 Å². The maximum atomic E-state index is 12.8. The maximum absolute atomic E-state index is 12.8. The number of ether oxygens (including phenoxy) is 3. The van der Waals surface area contributed by atoms with Gasteiger partial charge in [-0.05, 0) is 70.6 Å². The summed E-state index contributed by atoms with van der Waals surface area (Å²) in [5, 5.41) is 49.4. The summed E-state index contributed by atoms with van der Waals surface area (Å²) in [6, 6.07) is 0. The third-order valence-electron chi connectivity index (χ3n) is 9.83. The topological polar surface area (TPSA) is 219 Å². The lowest BCUT2D eigenvalue weighted by Crippen LogP contribution is -2.43. The average molecular weight is 911 g/mol. The minimum absolute atomic E-state index is 0.0301. The van der Waals surface area contributed by atoms with Crippen LogP contribution in [0.5, 0.6) is 0 Å².